The standard InChI is InChI=1S/C26H25ClF2N4O6S/c1-26(2,3)39-24(35)31-23-30-19-13(4-5-15(28)21(19)40-23)17-16(29)10-14-20(18(17)27)38-9-6-12-11-32(25(36)37)7-8-33(12)22(14)34/h4-5,10,12H,6-9,11H2,1-3H3,(H,36,37)(H,30,31,35)/t12-/m0/s1. The van der Waals surface area contributed by atoms with Crippen LogP contribution in [-0.4, -0.2) is 75.9 Å². The number of halogens is 3. The van der Waals surface area contributed by atoms with Crippen molar-refractivity contribution in [1.82, 2.24) is 14.8 Å². The Morgan fingerprint density at radius 2 is 1.98 bits per heavy atom. The molecule has 1 saturated heterocycles. The molecule has 0 unspecified atom stereocenters. The van der Waals surface area contributed by atoms with Gasteiger partial charge in [0.1, 0.15) is 17.2 Å². The van der Waals surface area contributed by atoms with E-state index in [0.717, 1.165) is 23.5 Å². The van der Waals surface area contributed by atoms with Crippen LogP contribution < -0.4 is 10.1 Å². The number of carbonyl (C=O) groups is 3. The Balaban J connectivity index is 1.54. The van der Waals surface area contributed by atoms with Crippen molar-refractivity contribution in [2.75, 3.05) is 31.6 Å². The van der Waals surface area contributed by atoms with Gasteiger partial charge in [-0.3, -0.25) is 10.1 Å². The average Bonchev–Trinajstić information content (AvgIpc) is 3.28. The van der Waals surface area contributed by atoms with Gasteiger partial charge >= 0.3 is 12.2 Å². The summed E-state index contributed by atoms with van der Waals surface area (Å²) in [6, 6.07) is 3.04. The first-order chi connectivity index (χ1) is 18.8. The fourth-order valence-electron chi connectivity index (χ4n) is 4.76. The van der Waals surface area contributed by atoms with Gasteiger partial charge < -0.3 is 24.4 Å². The Morgan fingerprint density at radius 3 is 2.67 bits per heavy atom. The molecule has 10 nitrogen and oxygen atoms in total. The Morgan fingerprint density at radius 1 is 1.23 bits per heavy atom. The van der Waals surface area contributed by atoms with E-state index in [9.17, 15) is 23.9 Å². The van der Waals surface area contributed by atoms with Gasteiger partial charge in [0.05, 0.1) is 33.5 Å². The highest BCUT2D eigenvalue weighted by molar-refractivity contribution is 7.22. The molecule has 3 amide bonds. The lowest BCUT2D eigenvalue weighted by Crippen LogP contribution is -2.57. The number of aromatic nitrogens is 1. The van der Waals surface area contributed by atoms with Crippen LogP contribution in [0.1, 0.15) is 37.6 Å². The third-order valence-electron chi connectivity index (χ3n) is 6.49. The number of carboxylic acid groups (broad SMARTS) is 1. The Kier molecular flexibility index (Phi) is 7.21. The van der Waals surface area contributed by atoms with Gasteiger partial charge in [-0.1, -0.05) is 22.9 Å². The van der Waals surface area contributed by atoms with E-state index >= 15 is 4.39 Å². The van der Waals surface area contributed by atoms with Crippen LogP contribution in [0, 0.1) is 11.6 Å². The van der Waals surface area contributed by atoms with Gasteiger partial charge in [0.15, 0.2) is 10.9 Å². The number of piperazine rings is 1. The molecule has 212 valence electrons. The zero-order valence-corrected chi connectivity index (χ0v) is 23.3. The number of benzene rings is 2. The maximum Gasteiger partial charge on any atom is 0.413 e. The molecule has 3 aromatic rings. The molecule has 2 aliphatic heterocycles. The summed E-state index contributed by atoms with van der Waals surface area (Å²) in [5.41, 5.74) is -0.806. The largest absolute Gasteiger partial charge is 0.491 e. The maximum absolute atomic E-state index is 15.8. The van der Waals surface area contributed by atoms with Crippen LogP contribution in [0.25, 0.3) is 21.3 Å². The second-order valence-electron chi connectivity index (χ2n) is 10.4. The number of thiazole rings is 1. The molecule has 5 rings (SSSR count). The highest BCUT2D eigenvalue weighted by atomic mass is 35.5. The zero-order valence-electron chi connectivity index (χ0n) is 21.7. The summed E-state index contributed by atoms with van der Waals surface area (Å²) >= 11 is 7.52. The molecule has 3 heterocycles. The van der Waals surface area contributed by atoms with Gasteiger partial charge in [0, 0.05) is 37.2 Å². The number of fused-ring (bicyclic) bond motifs is 3. The molecule has 0 saturated carbocycles. The fourth-order valence-corrected chi connectivity index (χ4v) is 6.00. The lowest BCUT2D eigenvalue weighted by atomic mass is 9.98. The topological polar surface area (TPSA) is 121 Å². The van der Waals surface area contributed by atoms with Crippen molar-refractivity contribution in [3.8, 4) is 16.9 Å². The highest BCUT2D eigenvalue weighted by Crippen LogP contribution is 2.45. The Bertz CT molecular complexity index is 1540. The van der Waals surface area contributed by atoms with Crippen LogP contribution in [0.5, 0.6) is 5.75 Å². The number of carbonyl (C=O) groups excluding carboxylic acids is 2. The first kappa shape index (κ1) is 27.8. The predicted octanol–water partition coefficient (Wildman–Crippen LogP) is 5.83. The summed E-state index contributed by atoms with van der Waals surface area (Å²) < 4.78 is 41.6. The van der Waals surface area contributed by atoms with Gasteiger partial charge in [0.2, 0.25) is 0 Å². The monoisotopic (exact) mass is 594 g/mol. The number of nitrogens with zero attached hydrogens (tertiary/aromatic N) is 3. The number of rotatable bonds is 2. The molecule has 1 aromatic heterocycles. The zero-order chi connectivity index (χ0) is 28.9. The molecule has 0 radical (unpaired) electrons. The maximum atomic E-state index is 15.8. The molecule has 1 atom stereocenters. The van der Waals surface area contributed by atoms with Gasteiger partial charge in [-0.2, -0.15) is 0 Å². The fraction of sp³-hybridized carbons (Fsp3) is 0.385. The van der Waals surface area contributed by atoms with Crippen LogP contribution in [0.4, 0.5) is 23.5 Å². The lowest BCUT2D eigenvalue weighted by Gasteiger charge is -2.41. The molecule has 14 heteroatoms. The number of anilines is 1. The number of ether oxygens (including phenoxy) is 2. The van der Waals surface area contributed by atoms with Gasteiger partial charge in [-0.05, 0) is 39.0 Å². The van der Waals surface area contributed by atoms with E-state index in [0.29, 0.717) is 6.42 Å². The van der Waals surface area contributed by atoms with Crippen molar-refractivity contribution in [2.24, 2.45) is 0 Å². The van der Waals surface area contributed by atoms with Crippen LogP contribution in [-0.2, 0) is 4.74 Å². The lowest BCUT2D eigenvalue weighted by molar-refractivity contribution is 0.0374. The highest BCUT2D eigenvalue weighted by Gasteiger charge is 2.37. The summed E-state index contributed by atoms with van der Waals surface area (Å²) in [4.78, 5) is 44.2. The molecule has 0 aliphatic carbocycles. The molecule has 2 N–H and O–H groups in total. The van der Waals surface area contributed by atoms with Crippen LogP contribution in [0.3, 0.4) is 0 Å². The average molecular weight is 595 g/mol. The van der Waals surface area contributed by atoms with Crippen molar-refractivity contribution in [3.05, 3.63) is 40.4 Å². The summed E-state index contributed by atoms with van der Waals surface area (Å²) in [7, 11) is 0. The van der Waals surface area contributed by atoms with Gasteiger partial charge in [-0.25, -0.2) is 23.4 Å². The van der Waals surface area contributed by atoms with Crippen molar-refractivity contribution < 1.29 is 37.7 Å². The van der Waals surface area contributed by atoms with Crippen molar-refractivity contribution in [1.29, 1.82) is 0 Å². The molecule has 0 spiro atoms. The first-order valence-electron chi connectivity index (χ1n) is 12.4. The van der Waals surface area contributed by atoms with Crippen molar-refractivity contribution in [2.45, 2.75) is 38.8 Å². The normalized spacial score (nSPS) is 17.4. The number of hydrogen-bond donors (Lipinski definition) is 2. The van der Waals surface area contributed by atoms with Crippen molar-refractivity contribution >= 4 is 56.4 Å². The van der Waals surface area contributed by atoms with E-state index in [4.69, 9.17) is 21.1 Å². The second-order valence-corrected chi connectivity index (χ2v) is 11.7. The molecular weight excluding hydrogens is 570 g/mol. The number of amides is 3. The summed E-state index contributed by atoms with van der Waals surface area (Å²) in [6.45, 7) is 5.55. The van der Waals surface area contributed by atoms with Gasteiger partial charge in [-0.15, -0.1) is 0 Å². The van der Waals surface area contributed by atoms with E-state index in [1.54, 1.807) is 20.8 Å². The smallest absolute Gasteiger partial charge is 0.413 e. The van der Waals surface area contributed by atoms with E-state index in [1.807, 2.05) is 0 Å². The Hall–Kier alpha value is -3.71. The van der Waals surface area contributed by atoms with E-state index in [2.05, 4.69) is 10.3 Å². The van der Waals surface area contributed by atoms with Crippen LogP contribution >= 0.6 is 22.9 Å². The van der Waals surface area contributed by atoms with E-state index < -0.39 is 41.4 Å². The minimum absolute atomic E-state index is 0.0259. The summed E-state index contributed by atoms with van der Waals surface area (Å²) in [5.74, 6) is -2.04. The molecular formula is C26H25ClF2N4O6S. The number of nitrogens with one attached hydrogen (secondary N) is 1. The quantitative estimate of drug-likeness (QED) is 0.383. The third kappa shape index (κ3) is 5.22. The third-order valence-corrected chi connectivity index (χ3v) is 7.83. The SMILES string of the molecule is CC(C)(C)OC(=O)Nc1nc2c(-c3c(F)cc4c(c3Cl)OCC[C@H]3CN(C(=O)O)CCN3C4=O)ccc(F)c2s1. The number of hydrogen-bond acceptors (Lipinski definition) is 7. The minimum atomic E-state index is -1.08. The van der Waals surface area contributed by atoms with E-state index in [1.165, 1.54) is 15.9 Å². The summed E-state index contributed by atoms with van der Waals surface area (Å²) in [6.07, 6.45) is -1.52. The van der Waals surface area contributed by atoms with Crippen LogP contribution in [0.2, 0.25) is 5.02 Å². The minimum Gasteiger partial charge on any atom is -0.491 e. The first-order valence-corrected chi connectivity index (χ1v) is 13.6. The molecule has 0 bridgehead atoms. The van der Waals surface area contributed by atoms with Crippen molar-refractivity contribution in [3.63, 3.8) is 0 Å². The summed E-state index contributed by atoms with van der Waals surface area (Å²) in [5, 5.41) is 11.7. The Labute approximate surface area is 236 Å². The molecule has 2 aromatic carbocycles. The van der Waals surface area contributed by atoms with Gasteiger partial charge in [0.25, 0.3) is 5.91 Å². The molecule has 40 heavy (non-hydrogen) atoms. The molecule has 2 aliphatic rings. The van der Waals surface area contributed by atoms with Crippen LogP contribution in [0.15, 0.2) is 18.2 Å². The molecule has 1 fully saturated rings. The predicted molar refractivity (Wildman–Crippen MR) is 144 cm³/mol. The second kappa shape index (κ2) is 10.4. The van der Waals surface area contributed by atoms with E-state index in [-0.39, 0.29) is 69.1 Å².